The minimum atomic E-state index is -3.48. The average molecular weight is 287 g/mol. The van der Waals surface area contributed by atoms with E-state index in [1.165, 1.54) is 0 Å². The van der Waals surface area contributed by atoms with Crippen LogP contribution in [0.1, 0.15) is 24.7 Å². The first kappa shape index (κ1) is 11.8. The molecule has 1 fully saturated rings. The molecule has 18 heavy (non-hydrogen) atoms. The van der Waals surface area contributed by atoms with Crippen LogP contribution in [0.4, 0.5) is 5.69 Å². The van der Waals surface area contributed by atoms with E-state index in [9.17, 15) is 8.42 Å². The SMILES string of the molecule is O=S(=O)(CCl)Nc1ccc2oc(C3CC3)nc2c1. The van der Waals surface area contributed by atoms with Crippen LogP contribution in [0.15, 0.2) is 22.6 Å². The highest BCUT2D eigenvalue weighted by atomic mass is 35.5. The molecule has 2 aromatic rings. The molecule has 0 spiro atoms. The maximum absolute atomic E-state index is 11.3. The van der Waals surface area contributed by atoms with Crippen LogP contribution in [0.2, 0.25) is 0 Å². The Morgan fingerprint density at radius 1 is 1.44 bits per heavy atom. The molecule has 5 nitrogen and oxygen atoms in total. The Morgan fingerprint density at radius 3 is 2.89 bits per heavy atom. The Labute approximate surface area is 109 Å². The minimum absolute atomic E-state index is 0.431. The molecule has 1 aliphatic carbocycles. The quantitative estimate of drug-likeness (QED) is 0.877. The van der Waals surface area contributed by atoms with Crippen LogP contribution in [0.5, 0.6) is 0 Å². The molecule has 1 heterocycles. The van der Waals surface area contributed by atoms with Crippen molar-refractivity contribution in [3.63, 3.8) is 0 Å². The van der Waals surface area contributed by atoms with Gasteiger partial charge >= 0.3 is 0 Å². The van der Waals surface area contributed by atoms with Gasteiger partial charge in [0.05, 0.1) is 5.69 Å². The van der Waals surface area contributed by atoms with Gasteiger partial charge in [0.2, 0.25) is 10.0 Å². The molecule has 96 valence electrons. The highest BCUT2D eigenvalue weighted by Gasteiger charge is 2.28. The molecule has 0 amide bonds. The van der Waals surface area contributed by atoms with Gasteiger partial charge in [0.25, 0.3) is 0 Å². The molecular formula is C11H11ClN2O3S. The summed E-state index contributed by atoms with van der Waals surface area (Å²) in [5, 5.41) is -0.475. The number of alkyl halides is 1. The molecule has 0 radical (unpaired) electrons. The van der Waals surface area contributed by atoms with Crippen LogP contribution in [0, 0.1) is 0 Å². The number of oxazole rings is 1. The van der Waals surface area contributed by atoms with E-state index in [2.05, 4.69) is 9.71 Å². The van der Waals surface area contributed by atoms with Gasteiger partial charge in [-0.05, 0) is 31.0 Å². The van der Waals surface area contributed by atoms with Crippen molar-refractivity contribution in [2.75, 3.05) is 9.93 Å². The number of hydrogen-bond donors (Lipinski definition) is 1. The summed E-state index contributed by atoms with van der Waals surface area (Å²) in [6.45, 7) is 0. The zero-order valence-corrected chi connectivity index (χ0v) is 11.0. The van der Waals surface area contributed by atoms with Crippen molar-refractivity contribution >= 4 is 38.4 Å². The van der Waals surface area contributed by atoms with Crippen LogP contribution in [-0.2, 0) is 10.0 Å². The van der Waals surface area contributed by atoms with Gasteiger partial charge in [0.1, 0.15) is 10.7 Å². The second kappa shape index (κ2) is 4.13. The lowest BCUT2D eigenvalue weighted by Gasteiger charge is -2.03. The molecule has 0 atom stereocenters. The van der Waals surface area contributed by atoms with Crippen LogP contribution in [-0.4, -0.2) is 18.6 Å². The lowest BCUT2D eigenvalue weighted by molar-refractivity contribution is 0.533. The fourth-order valence-electron chi connectivity index (χ4n) is 1.72. The number of rotatable bonds is 4. The number of hydrogen-bond acceptors (Lipinski definition) is 4. The van der Waals surface area contributed by atoms with E-state index in [1.54, 1.807) is 18.2 Å². The third kappa shape index (κ3) is 2.30. The molecule has 1 saturated carbocycles. The lowest BCUT2D eigenvalue weighted by Crippen LogP contribution is -2.13. The maximum atomic E-state index is 11.3. The van der Waals surface area contributed by atoms with Crippen molar-refractivity contribution in [3.05, 3.63) is 24.1 Å². The van der Waals surface area contributed by atoms with E-state index in [4.69, 9.17) is 16.0 Å². The Hall–Kier alpha value is -1.27. The average Bonchev–Trinajstić information content (AvgIpc) is 3.09. The van der Waals surface area contributed by atoms with Crippen molar-refractivity contribution in [1.82, 2.24) is 4.98 Å². The van der Waals surface area contributed by atoms with Gasteiger partial charge in [-0.2, -0.15) is 0 Å². The highest BCUT2D eigenvalue weighted by molar-refractivity contribution is 7.93. The zero-order chi connectivity index (χ0) is 12.8. The standard InChI is InChI=1S/C11H11ClN2O3S/c12-6-18(15,16)14-8-3-4-10-9(5-8)13-11(17-10)7-1-2-7/h3-5,7,14H,1-2,6H2. The molecule has 0 aliphatic heterocycles. The van der Waals surface area contributed by atoms with Gasteiger partial charge in [-0.15, -0.1) is 11.6 Å². The van der Waals surface area contributed by atoms with Gasteiger partial charge in [0.15, 0.2) is 11.5 Å². The van der Waals surface area contributed by atoms with E-state index >= 15 is 0 Å². The fraction of sp³-hybridized carbons (Fsp3) is 0.364. The monoisotopic (exact) mass is 286 g/mol. The predicted molar refractivity (Wildman–Crippen MR) is 69.2 cm³/mol. The summed E-state index contributed by atoms with van der Waals surface area (Å²) in [6.07, 6.45) is 2.22. The summed E-state index contributed by atoms with van der Waals surface area (Å²) < 4.78 is 30.6. The molecule has 3 rings (SSSR count). The van der Waals surface area contributed by atoms with E-state index < -0.39 is 15.2 Å². The van der Waals surface area contributed by atoms with Gasteiger partial charge in [-0.3, -0.25) is 4.72 Å². The second-order valence-electron chi connectivity index (χ2n) is 4.33. The summed E-state index contributed by atoms with van der Waals surface area (Å²) in [4.78, 5) is 4.36. The molecular weight excluding hydrogens is 276 g/mol. The first-order valence-corrected chi connectivity index (χ1v) is 7.73. The Balaban J connectivity index is 1.95. The van der Waals surface area contributed by atoms with Crippen LogP contribution < -0.4 is 4.72 Å². The van der Waals surface area contributed by atoms with Crippen molar-refractivity contribution in [1.29, 1.82) is 0 Å². The number of fused-ring (bicyclic) bond motifs is 1. The van der Waals surface area contributed by atoms with Crippen LogP contribution >= 0.6 is 11.6 Å². The fourth-order valence-corrected chi connectivity index (χ4v) is 2.42. The number of anilines is 1. The normalized spacial score (nSPS) is 16.1. The molecule has 0 unspecified atom stereocenters. The summed E-state index contributed by atoms with van der Waals surface area (Å²) >= 11 is 5.33. The summed E-state index contributed by atoms with van der Waals surface area (Å²) in [7, 11) is -3.48. The number of halogens is 1. The number of aromatic nitrogens is 1. The summed E-state index contributed by atoms with van der Waals surface area (Å²) in [6, 6.07) is 4.99. The Bertz CT molecular complexity index is 691. The molecule has 1 aromatic heterocycles. The topological polar surface area (TPSA) is 72.2 Å². The largest absolute Gasteiger partial charge is 0.440 e. The van der Waals surface area contributed by atoms with Crippen molar-refractivity contribution in [3.8, 4) is 0 Å². The van der Waals surface area contributed by atoms with E-state index in [0.29, 0.717) is 22.7 Å². The van der Waals surface area contributed by atoms with Crippen molar-refractivity contribution in [2.45, 2.75) is 18.8 Å². The third-order valence-corrected chi connectivity index (χ3v) is 4.44. The lowest BCUT2D eigenvalue weighted by atomic mass is 10.3. The van der Waals surface area contributed by atoms with Crippen LogP contribution in [0.25, 0.3) is 11.1 Å². The number of benzene rings is 1. The molecule has 7 heteroatoms. The van der Waals surface area contributed by atoms with Gasteiger partial charge < -0.3 is 4.42 Å². The number of sulfonamides is 1. The summed E-state index contributed by atoms with van der Waals surface area (Å²) in [5.74, 6) is 1.17. The van der Waals surface area contributed by atoms with Crippen molar-refractivity contribution < 1.29 is 12.8 Å². The van der Waals surface area contributed by atoms with E-state index in [1.807, 2.05) is 0 Å². The molecule has 1 aliphatic rings. The van der Waals surface area contributed by atoms with Gasteiger partial charge in [-0.1, -0.05) is 0 Å². The Morgan fingerprint density at radius 2 is 2.22 bits per heavy atom. The first-order chi connectivity index (χ1) is 8.57. The zero-order valence-electron chi connectivity index (χ0n) is 9.39. The second-order valence-corrected chi connectivity index (χ2v) is 6.64. The molecule has 0 saturated heterocycles. The Kier molecular flexibility index (Phi) is 2.71. The van der Waals surface area contributed by atoms with E-state index in [-0.39, 0.29) is 0 Å². The molecule has 1 aromatic carbocycles. The maximum Gasteiger partial charge on any atom is 0.246 e. The number of nitrogens with one attached hydrogen (secondary N) is 1. The smallest absolute Gasteiger partial charge is 0.246 e. The predicted octanol–water partition coefficient (Wildman–Crippen LogP) is 2.64. The molecule has 1 N–H and O–H groups in total. The van der Waals surface area contributed by atoms with Crippen molar-refractivity contribution in [2.24, 2.45) is 0 Å². The molecule has 0 bridgehead atoms. The summed E-state index contributed by atoms with van der Waals surface area (Å²) in [5.41, 5.74) is 1.77. The van der Waals surface area contributed by atoms with E-state index in [0.717, 1.165) is 18.7 Å². The van der Waals surface area contributed by atoms with Crippen LogP contribution in [0.3, 0.4) is 0 Å². The third-order valence-electron chi connectivity index (χ3n) is 2.75. The van der Waals surface area contributed by atoms with Gasteiger partial charge in [0, 0.05) is 5.92 Å². The minimum Gasteiger partial charge on any atom is -0.440 e. The highest BCUT2D eigenvalue weighted by Crippen LogP contribution is 2.40. The first-order valence-electron chi connectivity index (χ1n) is 5.54. The van der Waals surface area contributed by atoms with Gasteiger partial charge in [-0.25, -0.2) is 13.4 Å². The number of nitrogens with zero attached hydrogens (tertiary/aromatic N) is 1.